The van der Waals surface area contributed by atoms with Crippen molar-refractivity contribution in [2.75, 3.05) is 97.1 Å². The molecule has 0 bridgehead atoms. The predicted octanol–water partition coefficient (Wildman–Crippen LogP) is 4.98. The molecule has 0 radical (unpaired) electrons. The number of anilines is 1. The number of piperidine rings is 2. The number of benzene rings is 2. The topological polar surface area (TPSA) is 114 Å². The lowest BCUT2D eigenvalue weighted by atomic mass is 9.56. The van der Waals surface area contributed by atoms with Gasteiger partial charge in [-0.05, 0) is 138 Å². The highest BCUT2D eigenvalue weighted by molar-refractivity contribution is 7.92. The first kappa shape index (κ1) is 43.3. The van der Waals surface area contributed by atoms with E-state index in [9.17, 15) is 23.1 Å². The van der Waals surface area contributed by atoms with Crippen molar-refractivity contribution >= 4 is 27.4 Å². The minimum Gasteiger partial charge on any atom is -0.469 e. The average Bonchev–Trinajstić information content (AvgIpc) is 3.64. The molecule has 3 atom stereocenters. The number of methoxy groups -OCH3 is 1. The summed E-state index contributed by atoms with van der Waals surface area (Å²) in [6.07, 6.45) is 11.7. The number of aliphatic hydroxyl groups is 1. The Morgan fingerprint density at radius 1 is 0.900 bits per heavy atom. The van der Waals surface area contributed by atoms with E-state index in [1.807, 2.05) is 31.2 Å². The molecule has 2 aromatic rings. The quantitative estimate of drug-likeness (QED) is 0.195. The Kier molecular flexibility index (Phi) is 13.1. The third kappa shape index (κ3) is 9.35. The Morgan fingerprint density at radius 3 is 2.27 bits per heavy atom. The Hall–Kier alpha value is -3.36. The van der Waals surface area contributed by atoms with Crippen molar-refractivity contribution in [2.24, 2.45) is 23.7 Å². The van der Waals surface area contributed by atoms with Crippen LogP contribution in [0.15, 0.2) is 65.6 Å². The molecule has 11 nitrogen and oxygen atoms in total. The molecular weight excluding hydrogens is 782 g/mol. The summed E-state index contributed by atoms with van der Waals surface area (Å²) in [6.45, 7) is 12.4. The highest BCUT2D eigenvalue weighted by atomic mass is 32.2. The van der Waals surface area contributed by atoms with Gasteiger partial charge < -0.3 is 29.4 Å². The molecule has 1 saturated carbocycles. The van der Waals surface area contributed by atoms with Crippen LogP contribution in [0.2, 0.25) is 0 Å². The van der Waals surface area contributed by atoms with Crippen molar-refractivity contribution < 1.29 is 32.2 Å². The summed E-state index contributed by atoms with van der Waals surface area (Å²) in [5, 5.41) is 9.55. The standard InChI is InChI=1S/C47H66FN5O6S/c1-46(56)18-25-49(26-19-46)20-5-11-44(54)53-32-42(33-53)60(57,58)41-14-12-40(13-15-41)52-30-35(31-52)29-50-23-16-37(17-24-50)47(34-51-21-6-22-51,38-8-4-9-39(48)28-38)43-10-3-7-36(43)27-45(55)59-2/h4-5,8-9,11-15,28,35-37,42-43,56H,3,6-7,10,16-27,29-34H2,1-2H3/b11-5+/t36-,43+,47+/m1/s1. The van der Waals surface area contributed by atoms with Crippen molar-refractivity contribution in [1.29, 1.82) is 0 Å². The lowest BCUT2D eigenvalue weighted by Crippen LogP contribution is -2.58. The van der Waals surface area contributed by atoms with E-state index >= 15 is 4.39 Å². The van der Waals surface area contributed by atoms with Crippen LogP contribution < -0.4 is 4.90 Å². The normalized spacial score (nSPS) is 26.1. The number of carbonyl (C=O) groups excluding carboxylic acids is 2. The fraction of sp³-hybridized carbons (Fsp3) is 0.660. The number of likely N-dealkylation sites (tertiary alicyclic amines) is 4. The second-order valence-corrected chi connectivity index (χ2v) is 21.4. The Labute approximate surface area is 356 Å². The van der Waals surface area contributed by atoms with Gasteiger partial charge in [-0.25, -0.2) is 12.8 Å². The molecule has 5 aliphatic heterocycles. The molecule has 2 aromatic carbocycles. The smallest absolute Gasteiger partial charge is 0.305 e. The van der Waals surface area contributed by atoms with Gasteiger partial charge >= 0.3 is 5.97 Å². The first-order chi connectivity index (χ1) is 28.8. The first-order valence-electron chi connectivity index (χ1n) is 22.6. The number of ether oxygens (including phenoxy) is 1. The van der Waals surface area contributed by atoms with E-state index in [-0.39, 0.29) is 42.1 Å². The lowest BCUT2D eigenvalue weighted by Gasteiger charge is -2.54. The number of hydrogen-bond acceptors (Lipinski definition) is 10. The number of hydrogen-bond donors (Lipinski definition) is 1. The lowest BCUT2D eigenvalue weighted by molar-refractivity contribution is -0.142. The summed E-state index contributed by atoms with van der Waals surface area (Å²) in [6, 6.07) is 14.6. The van der Waals surface area contributed by atoms with Gasteiger partial charge in [0, 0.05) is 88.4 Å². The summed E-state index contributed by atoms with van der Waals surface area (Å²) in [7, 11) is -2.07. The van der Waals surface area contributed by atoms with Crippen LogP contribution in [-0.2, 0) is 29.6 Å². The van der Waals surface area contributed by atoms with Crippen LogP contribution in [-0.4, -0.2) is 148 Å². The molecule has 0 spiro atoms. The molecule has 6 aliphatic rings. The van der Waals surface area contributed by atoms with Crippen molar-refractivity contribution in [3.8, 4) is 0 Å². The van der Waals surface area contributed by atoms with Crippen LogP contribution in [0.1, 0.15) is 70.3 Å². The molecule has 1 N–H and O–H groups in total. The van der Waals surface area contributed by atoms with Crippen LogP contribution >= 0.6 is 0 Å². The van der Waals surface area contributed by atoms with E-state index < -0.39 is 20.7 Å². The van der Waals surface area contributed by atoms with Gasteiger partial charge in [0.1, 0.15) is 11.1 Å². The van der Waals surface area contributed by atoms with Crippen LogP contribution in [0, 0.1) is 29.5 Å². The van der Waals surface area contributed by atoms with Crippen LogP contribution in [0.25, 0.3) is 0 Å². The van der Waals surface area contributed by atoms with E-state index in [0.717, 1.165) is 109 Å². The molecule has 1 aliphatic carbocycles. The monoisotopic (exact) mass is 847 g/mol. The number of nitrogens with zero attached hydrogens (tertiary/aromatic N) is 5. The maximum absolute atomic E-state index is 15.1. The molecule has 5 heterocycles. The SMILES string of the molecule is COC(=O)C[C@H]1CCC[C@@H]1[C@](CN1CCC1)(c1cccc(F)c1)C1CCN(CC2CN(c3ccc(S(=O)(=O)C4CN(C(=O)/C=C/CN5CCC(C)(O)CC5)C4)cc3)C2)CC1. The Balaban J connectivity index is 0.825. The Morgan fingerprint density at radius 2 is 1.62 bits per heavy atom. The molecule has 13 heteroatoms. The Bertz CT molecular complexity index is 1950. The third-order valence-corrected chi connectivity index (χ3v) is 17.4. The molecule has 0 aromatic heterocycles. The number of esters is 1. The maximum atomic E-state index is 15.1. The fourth-order valence-corrected chi connectivity index (χ4v) is 13.1. The van der Waals surface area contributed by atoms with Gasteiger partial charge in [0.15, 0.2) is 9.84 Å². The number of halogens is 1. The molecule has 0 unspecified atom stereocenters. The molecule has 8 rings (SSSR count). The van der Waals surface area contributed by atoms with Crippen molar-refractivity contribution in [3.63, 3.8) is 0 Å². The summed E-state index contributed by atoms with van der Waals surface area (Å²) < 4.78 is 47.1. The first-order valence-corrected chi connectivity index (χ1v) is 24.1. The zero-order valence-corrected chi connectivity index (χ0v) is 36.5. The van der Waals surface area contributed by atoms with E-state index in [4.69, 9.17) is 4.74 Å². The zero-order valence-electron chi connectivity index (χ0n) is 35.7. The van der Waals surface area contributed by atoms with E-state index in [0.29, 0.717) is 48.5 Å². The zero-order chi connectivity index (χ0) is 42.1. The second-order valence-electron chi connectivity index (χ2n) is 19.2. The van der Waals surface area contributed by atoms with Crippen molar-refractivity contribution in [2.45, 2.75) is 85.9 Å². The molecular formula is C47H66FN5O6S. The third-order valence-electron chi connectivity index (χ3n) is 15.2. The highest BCUT2D eigenvalue weighted by Crippen LogP contribution is 2.54. The molecule has 5 saturated heterocycles. The van der Waals surface area contributed by atoms with Gasteiger partial charge in [-0.2, -0.15) is 0 Å². The van der Waals surface area contributed by atoms with Crippen molar-refractivity contribution in [1.82, 2.24) is 19.6 Å². The molecule has 328 valence electrons. The van der Waals surface area contributed by atoms with E-state index in [2.05, 4.69) is 25.7 Å². The summed E-state index contributed by atoms with van der Waals surface area (Å²) >= 11 is 0. The summed E-state index contributed by atoms with van der Waals surface area (Å²) in [5.41, 5.74) is 1.31. The number of rotatable bonds is 15. The van der Waals surface area contributed by atoms with Gasteiger partial charge in [-0.3, -0.25) is 14.5 Å². The van der Waals surface area contributed by atoms with Crippen LogP contribution in [0.3, 0.4) is 0 Å². The minimum atomic E-state index is -3.55. The molecule has 1 amide bonds. The number of sulfone groups is 1. The number of amides is 1. The largest absolute Gasteiger partial charge is 0.469 e. The molecule has 60 heavy (non-hydrogen) atoms. The van der Waals surface area contributed by atoms with Gasteiger partial charge in [0.25, 0.3) is 0 Å². The van der Waals surface area contributed by atoms with Gasteiger partial charge in [-0.15, -0.1) is 0 Å². The van der Waals surface area contributed by atoms with Crippen LogP contribution in [0.4, 0.5) is 10.1 Å². The number of carbonyl (C=O) groups is 2. The molecule has 6 fully saturated rings. The maximum Gasteiger partial charge on any atom is 0.305 e. The van der Waals surface area contributed by atoms with Gasteiger partial charge in [-0.1, -0.05) is 24.6 Å². The van der Waals surface area contributed by atoms with Crippen molar-refractivity contribution in [3.05, 3.63) is 72.1 Å². The average molecular weight is 848 g/mol. The van der Waals surface area contributed by atoms with E-state index in [1.165, 1.54) is 13.5 Å². The van der Waals surface area contributed by atoms with Gasteiger partial charge in [0.05, 0.1) is 17.6 Å². The van der Waals surface area contributed by atoms with Gasteiger partial charge in [0.2, 0.25) is 5.91 Å². The predicted molar refractivity (Wildman–Crippen MR) is 231 cm³/mol. The minimum absolute atomic E-state index is 0.143. The second kappa shape index (κ2) is 18.2. The van der Waals surface area contributed by atoms with E-state index in [1.54, 1.807) is 35.2 Å². The van der Waals surface area contributed by atoms with Crippen LogP contribution in [0.5, 0.6) is 0 Å². The highest BCUT2D eigenvalue weighted by Gasteiger charge is 2.53. The summed E-state index contributed by atoms with van der Waals surface area (Å²) in [4.78, 5) is 36.9. The fourth-order valence-electron chi connectivity index (χ4n) is 11.4. The summed E-state index contributed by atoms with van der Waals surface area (Å²) in [5.74, 6) is 0.967.